The Morgan fingerprint density at radius 3 is 0.970 bits per heavy atom. The fourth-order valence-electron chi connectivity index (χ4n) is 17.7. The van der Waals surface area contributed by atoms with E-state index in [1.807, 2.05) is 69.2 Å². The number of rotatable bonds is 15. The van der Waals surface area contributed by atoms with Crippen molar-refractivity contribution in [1.82, 2.24) is 73.3 Å². The molecule has 12 aromatic rings. The fourth-order valence-corrected chi connectivity index (χ4v) is 18.7. The van der Waals surface area contributed by atoms with Crippen molar-refractivity contribution >= 4 is 132 Å². The largest absolute Gasteiger partial charge is 0.397 e. The monoisotopic (exact) mass is 1950 g/mol. The van der Waals surface area contributed by atoms with Gasteiger partial charge in [-0.3, -0.25) is 29.3 Å². The summed E-state index contributed by atoms with van der Waals surface area (Å²) in [7, 11) is 0. The molecule has 12 heterocycles. The third-order valence-corrected chi connectivity index (χ3v) is 25.2. The molecule has 6 N–H and O–H groups in total. The number of aryl methyl sites for hydroxylation is 3. The van der Waals surface area contributed by atoms with Crippen molar-refractivity contribution in [2.45, 2.75) is 158 Å². The first-order valence-electron chi connectivity index (χ1n) is 42.3. The minimum Gasteiger partial charge on any atom is -0.397 e. The molecule has 3 aromatic carbocycles. The summed E-state index contributed by atoms with van der Waals surface area (Å²) in [5, 5.41) is -2.82. The number of halogens is 15. The Bertz CT molecular complexity index is 6390. The van der Waals surface area contributed by atoms with Crippen LogP contribution in [0.1, 0.15) is 135 Å². The van der Waals surface area contributed by atoms with Crippen LogP contribution in [-0.2, 0) is 14.4 Å². The maximum Gasteiger partial charge on any atom is 0.355 e. The Balaban J connectivity index is 0.000000171. The van der Waals surface area contributed by atoms with E-state index in [-0.39, 0.29) is 167 Å². The number of carbonyl (C=O) groups excluding carboxylic acids is 3. The lowest BCUT2D eigenvalue weighted by Crippen LogP contribution is -2.58. The Morgan fingerprint density at radius 2 is 0.667 bits per heavy atom. The summed E-state index contributed by atoms with van der Waals surface area (Å²) in [6.45, 7) is 39.6. The maximum absolute atomic E-state index is 16.1. The molecular formula is C93H90Cl4F11N21O6. The second-order valence-corrected chi connectivity index (χ2v) is 35.6. The lowest BCUT2D eigenvalue weighted by Gasteiger charge is -2.44. The zero-order chi connectivity index (χ0) is 99.2. The van der Waals surface area contributed by atoms with E-state index in [1.165, 1.54) is 27.4 Å². The van der Waals surface area contributed by atoms with Crippen molar-refractivity contribution in [2.24, 2.45) is 0 Å². The number of amides is 3. The molecule has 15 rings (SSSR count). The highest BCUT2D eigenvalue weighted by molar-refractivity contribution is 6.41. The van der Waals surface area contributed by atoms with Gasteiger partial charge >= 0.3 is 17.1 Å². The number of nitrogens with zero attached hydrogens (tertiary/aromatic N) is 18. The molecular weight excluding hydrogens is 1860 g/mol. The molecule has 0 unspecified atom stereocenters. The summed E-state index contributed by atoms with van der Waals surface area (Å²) in [5.74, 6) is -18.0. The van der Waals surface area contributed by atoms with Gasteiger partial charge in [0, 0.05) is 99.7 Å². The number of hydrogen-bond donors (Lipinski definition) is 3. The molecule has 3 fully saturated rings. The van der Waals surface area contributed by atoms with Crippen molar-refractivity contribution in [3.63, 3.8) is 0 Å². The average Bonchev–Trinajstić information content (AvgIpc) is 0.735. The maximum atomic E-state index is 16.1. The molecule has 0 spiro atoms. The summed E-state index contributed by atoms with van der Waals surface area (Å²) >= 11 is 24.3. The highest BCUT2D eigenvalue weighted by Crippen LogP contribution is 2.47. The standard InChI is InChI=1S/2C31H30Cl2F3N7O2.C31H30F5N7O2/c1-7-19(44)42-15(5)11-41(12-16(42)6)29-17-10-18(34)27(20-23(35)21(32)24(36)22(33)25(20)37)39-30(17)43(31(45)40-29)28-14(4)8-9-38-26(28)13(2)3;1-7-19(44)42-15(5)11-41(12-16(42)6)29-17-10-18(34)27(20-21(32)23(35)24(36)25(37)22(20)33)39-30(17)43(31(45)40-29)28-14(4)8-9-38-26(28)13(2)3;1-7-19(44)42-15(5)11-41(12-16(42)6)29-17-10-18(32)27(20-21(33)23(35)24(36)25(37)22(20)34)39-30(17)43(31(45)40-29)28-14(4)8-9-38-26(28)13(2)3/h3*7-10,13,15-16H,1,11-12,37H2,2-6H3/t3*15-,16+. The van der Waals surface area contributed by atoms with Crippen LogP contribution in [0.2, 0.25) is 20.1 Å². The number of piperazine rings is 3. The molecule has 3 amide bonds. The van der Waals surface area contributed by atoms with E-state index >= 15 is 26.3 Å². The van der Waals surface area contributed by atoms with Crippen LogP contribution >= 0.6 is 46.4 Å². The SMILES string of the molecule is C=CC(=O)N1[C@H](C)CN(c2nc(=O)n(-c3c(C)ccnc3C(C)C)c3nc(-c4c(Cl)c(N)c(F)c(F)c4Cl)c(F)cc23)C[C@@H]1C.C=CC(=O)N1[C@H](C)CN(c2nc(=O)n(-c3c(C)ccnc3C(C)C)c3nc(-c4c(F)c(N)c(F)c(F)c4F)c(F)cc23)C[C@@H]1C.C=CC(=O)N1[C@H](C)CN(c2nc(=O)n(-c3c(C)ccnc3C(C)C)c3nc(-c4c(N)c(Cl)c(F)c(Cl)c4F)c(F)cc23)C[C@@H]1C. The summed E-state index contributed by atoms with van der Waals surface area (Å²) in [6, 6.07) is 6.06. The molecule has 3 aliphatic heterocycles. The van der Waals surface area contributed by atoms with Gasteiger partial charge in [0.15, 0.2) is 75.1 Å². The van der Waals surface area contributed by atoms with Gasteiger partial charge in [-0.2, -0.15) is 15.0 Å². The minimum atomic E-state index is -2.11. The van der Waals surface area contributed by atoms with Crippen LogP contribution in [0.25, 0.3) is 83.9 Å². The number of hydrogen-bond acceptors (Lipinski definition) is 21. The molecule has 135 heavy (non-hydrogen) atoms. The smallest absolute Gasteiger partial charge is 0.355 e. The molecule has 6 atom stereocenters. The average molecular weight is 1950 g/mol. The van der Waals surface area contributed by atoms with E-state index in [1.54, 1.807) is 101 Å². The van der Waals surface area contributed by atoms with Crippen molar-refractivity contribution in [3.8, 4) is 50.8 Å². The van der Waals surface area contributed by atoms with Gasteiger partial charge in [0.2, 0.25) is 17.7 Å². The molecule has 42 heteroatoms. The lowest BCUT2D eigenvalue weighted by molar-refractivity contribution is -0.131. The predicted octanol–water partition coefficient (Wildman–Crippen LogP) is 17.5. The summed E-state index contributed by atoms with van der Waals surface area (Å²) in [4.78, 5) is 129. The van der Waals surface area contributed by atoms with Gasteiger partial charge < -0.3 is 46.6 Å². The molecule has 0 saturated carbocycles. The number of fused-ring (bicyclic) bond motifs is 3. The highest BCUT2D eigenvalue weighted by atomic mass is 35.5. The molecule has 3 aliphatic rings. The van der Waals surface area contributed by atoms with E-state index < -0.39 is 152 Å². The second-order valence-electron chi connectivity index (χ2n) is 34.1. The Morgan fingerprint density at radius 1 is 0.370 bits per heavy atom. The number of carbonyl (C=O) groups is 3. The third-order valence-electron chi connectivity index (χ3n) is 23.7. The lowest BCUT2D eigenvalue weighted by atomic mass is 10.0. The minimum absolute atomic E-state index is 0.00647. The van der Waals surface area contributed by atoms with E-state index in [9.17, 15) is 50.7 Å². The quantitative estimate of drug-likeness (QED) is 0.0282. The van der Waals surface area contributed by atoms with Crippen molar-refractivity contribution in [1.29, 1.82) is 0 Å². The van der Waals surface area contributed by atoms with Crippen LogP contribution < -0.4 is 49.0 Å². The van der Waals surface area contributed by atoms with Crippen molar-refractivity contribution < 1.29 is 62.7 Å². The molecule has 0 radical (unpaired) electrons. The van der Waals surface area contributed by atoms with Gasteiger partial charge in [0.05, 0.1) is 82.8 Å². The molecule has 3 saturated heterocycles. The summed E-state index contributed by atoms with van der Waals surface area (Å²) < 4.78 is 169. The number of anilines is 6. The van der Waals surface area contributed by atoms with Gasteiger partial charge in [-0.05, 0) is 151 Å². The van der Waals surface area contributed by atoms with E-state index in [0.29, 0.717) is 45.1 Å². The van der Waals surface area contributed by atoms with Gasteiger partial charge in [-0.15, -0.1) is 0 Å². The molecule has 27 nitrogen and oxygen atoms in total. The summed E-state index contributed by atoms with van der Waals surface area (Å²) in [5.41, 5.74) is 11.2. The van der Waals surface area contributed by atoms with E-state index in [4.69, 9.17) is 63.6 Å². The zero-order valence-corrected chi connectivity index (χ0v) is 78.4. The number of nitrogen functional groups attached to an aromatic ring is 3. The Labute approximate surface area is 785 Å². The van der Waals surface area contributed by atoms with Gasteiger partial charge in [0.1, 0.15) is 56.1 Å². The van der Waals surface area contributed by atoms with E-state index in [0.717, 1.165) is 22.8 Å². The first kappa shape index (κ1) is 99.3. The van der Waals surface area contributed by atoms with Crippen LogP contribution in [-0.4, -0.2) is 166 Å². The van der Waals surface area contributed by atoms with Crippen LogP contribution in [0.4, 0.5) is 82.8 Å². The molecule has 708 valence electrons. The zero-order valence-electron chi connectivity index (χ0n) is 75.4. The Hall–Kier alpha value is -13.2. The van der Waals surface area contributed by atoms with Crippen LogP contribution in [0.15, 0.2) is 107 Å². The number of aromatic nitrogens is 12. The number of nitrogens with two attached hydrogens (primary N) is 3. The first-order valence-corrected chi connectivity index (χ1v) is 43.8. The van der Waals surface area contributed by atoms with Crippen LogP contribution in [0.3, 0.4) is 0 Å². The second kappa shape index (κ2) is 38.6. The normalized spacial score (nSPS) is 17.0. The van der Waals surface area contributed by atoms with Gasteiger partial charge in [0.25, 0.3) is 0 Å². The van der Waals surface area contributed by atoms with Gasteiger partial charge in [-0.1, -0.05) is 108 Å². The molecule has 9 aromatic heterocycles. The fraction of sp³-hybridized carbons (Fsp3) is 0.323. The van der Waals surface area contributed by atoms with Gasteiger partial charge in [-0.25, -0.2) is 91.3 Å². The summed E-state index contributed by atoms with van der Waals surface area (Å²) in [6.07, 6.45) is 8.43. The number of pyridine rings is 6. The first-order chi connectivity index (χ1) is 63.6. The topological polar surface area (TPSA) is 331 Å². The predicted molar refractivity (Wildman–Crippen MR) is 499 cm³/mol. The van der Waals surface area contributed by atoms with Crippen LogP contribution in [0, 0.1) is 84.8 Å². The van der Waals surface area contributed by atoms with Crippen LogP contribution in [0.5, 0.6) is 0 Å². The van der Waals surface area contributed by atoms with E-state index in [2.05, 4.69) is 64.6 Å². The number of benzene rings is 3. The van der Waals surface area contributed by atoms with Crippen molar-refractivity contribution in [2.75, 3.05) is 71.2 Å². The van der Waals surface area contributed by atoms with Crippen molar-refractivity contribution in [3.05, 3.63) is 242 Å². The highest BCUT2D eigenvalue weighted by Gasteiger charge is 2.41. The molecule has 0 aliphatic carbocycles. The Kier molecular flexibility index (Phi) is 28.4. The molecule has 0 bridgehead atoms. The third kappa shape index (κ3) is 17.6.